The van der Waals surface area contributed by atoms with Crippen LogP contribution in [0.25, 0.3) is 10.8 Å². The molecule has 112 valence electrons. The van der Waals surface area contributed by atoms with Crippen molar-refractivity contribution in [1.82, 2.24) is 4.98 Å². The van der Waals surface area contributed by atoms with Gasteiger partial charge in [0.1, 0.15) is 0 Å². The number of aromatic nitrogens is 1. The van der Waals surface area contributed by atoms with Crippen LogP contribution in [0.2, 0.25) is 0 Å². The second-order valence-electron chi connectivity index (χ2n) is 5.81. The number of carboxylic acids is 1. The Labute approximate surface area is 127 Å². The lowest BCUT2D eigenvalue weighted by Crippen LogP contribution is -2.01. The Balaban J connectivity index is 2.01. The molecule has 0 fully saturated rings. The van der Waals surface area contributed by atoms with Crippen LogP contribution in [0, 0.1) is 0 Å². The minimum atomic E-state index is -1.05. The van der Waals surface area contributed by atoms with E-state index in [2.05, 4.69) is 11.1 Å². The van der Waals surface area contributed by atoms with Crippen LogP contribution >= 0.6 is 11.3 Å². The third-order valence-corrected chi connectivity index (χ3v) is 5.08. The van der Waals surface area contributed by atoms with Gasteiger partial charge in [0.25, 0.3) is 0 Å². The standard InChI is InChI=1S/C16H19NO3S/c1-9(2)13-14(16(18)19)20-15(17-13)12-8-10-6-4-3-5-7-11(10)21-12/h8-9H,3-7H2,1-2H3,(H,18,19). The van der Waals surface area contributed by atoms with Gasteiger partial charge in [0, 0.05) is 4.88 Å². The highest BCUT2D eigenvalue weighted by atomic mass is 32.1. The maximum absolute atomic E-state index is 11.3. The number of carboxylic acid groups (broad SMARTS) is 1. The first kappa shape index (κ1) is 14.3. The third-order valence-electron chi connectivity index (χ3n) is 3.85. The first-order chi connectivity index (χ1) is 10.1. The fourth-order valence-electron chi connectivity index (χ4n) is 2.75. The number of oxazole rings is 1. The normalized spacial score (nSPS) is 15.0. The molecule has 0 amide bonds. The Morgan fingerprint density at radius 3 is 2.76 bits per heavy atom. The fraction of sp³-hybridized carbons (Fsp3) is 0.500. The van der Waals surface area contributed by atoms with Crippen LogP contribution in [0.3, 0.4) is 0 Å². The van der Waals surface area contributed by atoms with Gasteiger partial charge in [-0.2, -0.15) is 0 Å². The monoisotopic (exact) mass is 305 g/mol. The Morgan fingerprint density at radius 1 is 1.33 bits per heavy atom. The quantitative estimate of drug-likeness (QED) is 0.848. The van der Waals surface area contributed by atoms with E-state index in [1.165, 1.54) is 29.7 Å². The molecule has 3 rings (SSSR count). The van der Waals surface area contributed by atoms with E-state index in [0.29, 0.717) is 11.6 Å². The van der Waals surface area contributed by atoms with Gasteiger partial charge in [-0.25, -0.2) is 9.78 Å². The molecule has 1 N–H and O–H groups in total. The van der Waals surface area contributed by atoms with E-state index in [4.69, 9.17) is 4.42 Å². The highest BCUT2D eigenvalue weighted by Crippen LogP contribution is 2.36. The van der Waals surface area contributed by atoms with Crippen molar-refractivity contribution in [3.05, 3.63) is 28.0 Å². The summed E-state index contributed by atoms with van der Waals surface area (Å²) in [7, 11) is 0. The summed E-state index contributed by atoms with van der Waals surface area (Å²) in [5.74, 6) is -0.584. The fourth-order valence-corrected chi connectivity index (χ4v) is 3.93. The van der Waals surface area contributed by atoms with E-state index >= 15 is 0 Å². The smallest absolute Gasteiger partial charge is 0.373 e. The predicted octanol–water partition coefficient (Wildman–Crippen LogP) is 4.49. The van der Waals surface area contributed by atoms with E-state index in [9.17, 15) is 9.90 Å². The Hall–Kier alpha value is -1.62. The molecule has 0 aromatic carbocycles. The molecule has 5 heteroatoms. The van der Waals surface area contributed by atoms with Crippen molar-refractivity contribution >= 4 is 17.3 Å². The highest BCUT2D eigenvalue weighted by molar-refractivity contribution is 7.15. The first-order valence-electron chi connectivity index (χ1n) is 7.42. The number of carbonyl (C=O) groups is 1. The first-order valence-corrected chi connectivity index (χ1v) is 8.24. The number of hydrogen-bond donors (Lipinski definition) is 1. The molecule has 2 aromatic rings. The summed E-state index contributed by atoms with van der Waals surface area (Å²) in [4.78, 5) is 18.1. The average Bonchev–Trinajstić information content (AvgIpc) is 2.98. The van der Waals surface area contributed by atoms with Crippen LogP contribution in [-0.2, 0) is 12.8 Å². The molecule has 21 heavy (non-hydrogen) atoms. The predicted molar refractivity (Wildman–Crippen MR) is 82.1 cm³/mol. The SMILES string of the molecule is CC(C)c1nc(-c2cc3c(s2)CCCCC3)oc1C(=O)O. The molecule has 2 heterocycles. The largest absolute Gasteiger partial charge is 0.475 e. The van der Waals surface area contributed by atoms with Crippen molar-refractivity contribution in [3.8, 4) is 10.8 Å². The molecule has 2 aromatic heterocycles. The summed E-state index contributed by atoms with van der Waals surface area (Å²) in [6.07, 6.45) is 5.97. The number of nitrogens with zero attached hydrogens (tertiary/aromatic N) is 1. The van der Waals surface area contributed by atoms with Gasteiger partial charge in [-0.3, -0.25) is 0 Å². The van der Waals surface area contributed by atoms with Crippen LogP contribution in [0.5, 0.6) is 0 Å². The van der Waals surface area contributed by atoms with E-state index in [1.54, 1.807) is 11.3 Å². The third kappa shape index (κ3) is 2.75. The number of thiophene rings is 1. The van der Waals surface area contributed by atoms with Gasteiger partial charge in [-0.05, 0) is 43.2 Å². The summed E-state index contributed by atoms with van der Waals surface area (Å²) in [5, 5.41) is 9.24. The molecular formula is C16H19NO3S. The van der Waals surface area contributed by atoms with Crippen LogP contribution in [0.1, 0.15) is 65.7 Å². The van der Waals surface area contributed by atoms with Gasteiger partial charge in [-0.1, -0.05) is 20.3 Å². The second-order valence-corrected chi connectivity index (χ2v) is 6.95. The number of hydrogen-bond acceptors (Lipinski definition) is 4. The summed E-state index contributed by atoms with van der Waals surface area (Å²) in [6, 6.07) is 2.13. The number of aryl methyl sites for hydroxylation is 2. The number of aromatic carboxylic acids is 1. The molecule has 0 unspecified atom stereocenters. The van der Waals surface area contributed by atoms with Crippen molar-refractivity contribution in [2.45, 2.75) is 51.9 Å². The van der Waals surface area contributed by atoms with Crippen LogP contribution in [0.4, 0.5) is 0 Å². The van der Waals surface area contributed by atoms with Crippen molar-refractivity contribution in [2.24, 2.45) is 0 Å². The van der Waals surface area contributed by atoms with Crippen LogP contribution in [-0.4, -0.2) is 16.1 Å². The lowest BCUT2D eigenvalue weighted by atomic mass is 10.1. The molecule has 0 saturated carbocycles. The topological polar surface area (TPSA) is 63.3 Å². The summed E-state index contributed by atoms with van der Waals surface area (Å²) >= 11 is 1.70. The molecule has 0 atom stereocenters. The van der Waals surface area contributed by atoms with E-state index < -0.39 is 5.97 Å². The van der Waals surface area contributed by atoms with Gasteiger partial charge in [-0.15, -0.1) is 11.3 Å². The maximum atomic E-state index is 11.3. The van der Waals surface area contributed by atoms with Crippen LogP contribution in [0.15, 0.2) is 10.5 Å². The van der Waals surface area contributed by atoms with E-state index in [0.717, 1.165) is 17.7 Å². The Bertz CT molecular complexity index is 646. The Morgan fingerprint density at radius 2 is 2.10 bits per heavy atom. The van der Waals surface area contributed by atoms with Gasteiger partial charge in [0.15, 0.2) is 0 Å². The minimum absolute atomic E-state index is 0.0244. The summed E-state index contributed by atoms with van der Waals surface area (Å²) in [6.45, 7) is 3.86. The van der Waals surface area contributed by atoms with Gasteiger partial charge < -0.3 is 9.52 Å². The van der Waals surface area contributed by atoms with Crippen molar-refractivity contribution in [1.29, 1.82) is 0 Å². The van der Waals surface area contributed by atoms with Gasteiger partial charge in [0.05, 0.1) is 10.6 Å². The lowest BCUT2D eigenvalue weighted by Gasteiger charge is -1.98. The summed E-state index contributed by atoms with van der Waals surface area (Å²) < 4.78 is 5.53. The zero-order chi connectivity index (χ0) is 15.0. The molecule has 0 aliphatic heterocycles. The Kier molecular flexibility index (Phi) is 3.85. The van der Waals surface area contributed by atoms with Crippen LogP contribution < -0.4 is 0 Å². The van der Waals surface area contributed by atoms with Crippen molar-refractivity contribution in [3.63, 3.8) is 0 Å². The maximum Gasteiger partial charge on any atom is 0.373 e. The lowest BCUT2D eigenvalue weighted by molar-refractivity contribution is 0.0661. The van der Waals surface area contributed by atoms with Gasteiger partial charge >= 0.3 is 5.97 Å². The van der Waals surface area contributed by atoms with E-state index in [-0.39, 0.29) is 11.7 Å². The highest BCUT2D eigenvalue weighted by Gasteiger charge is 2.24. The molecule has 0 bridgehead atoms. The van der Waals surface area contributed by atoms with Gasteiger partial charge in [0.2, 0.25) is 11.7 Å². The zero-order valence-corrected chi connectivity index (χ0v) is 13.1. The molecule has 0 saturated heterocycles. The summed E-state index contributed by atoms with van der Waals surface area (Å²) in [5.41, 5.74) is 1.91. The molecule has 1 aliphatic rings. The molecular weight excluding hydrogens is 286 g/mol. The molecule has 1 aliphatic carbocycles. The van der Waals surface area contributed by atoms with E-state index in [1.807, 2.05) is 13.8 Å². The molecule has 0 radical (unpaired) electrons. The zero-order valence-electron chi connectivity index (χ0n) is 12.3. The minimum Gasteiger partial charge on any atom is -0.475 e. The number of fused-ring (bicyclic) bond motifs is 1. The number of rotatable bonds is 3. The molecule has 0 spiro atoms. The van der Waals surface area contributed by atoms with Crippen molar-refractivity contribution < 1.29 is 14.3 Å². The average molecular weight is 305 g/mol. The second kappa shape index (κ2) is 5.64. The van der Waals surface area contributed by atoms with Crippen molar-refractivity contribution in [2.75, 3.05) is 0 Å². The molecule has 4 nitrogen and oxygen atoms in total.